The molecule has 0 aliphatic carbocycles. The molecule has 1 aromatic carbocycles. The van der Waals surface area contributed by atoms with Crippen LogP contribution in [-0.4, -0.2) is 51.5 Å². The van der Waals surface area contributed by atoms with E-state index in [1.54, 1.807) is 48.7 Å². The van der Waals surface area contributed by atoms with Crippen molar-refractivity contribution in [2.45, 2.75) is 24.7 Å². The second kappa shape index (κ2) is 11.7. The van der Waals surface area contributed by atoms with E-state index in [2.05, 4.69) is 19.6 Å². The summed E-state index contributed by atoms with van der Waals surface area (Å²) in [5.41, 5.74) is 1.46. The Hall–Kier alpha value is -3.02. The van der Waals surface area contributed by atoms with Gasteiger partial charge in [0.1, 0.15) is 0 Å². The Morgan fingerprint density at radius 1 is 1.24 bits per heavy atom. The molecule has 176 valence electrons. The minimum Gasteiger partial charge on any atom is -0.477 e. The van der Waals surface area contributed by atoms with Gasteiger partial charge >= 0.3 is 6.09 Å². The summed E-state index contributed by atoms with van der Waals surface area (Å²) in [6, 6.07) is 10.6. The largest absolute Gasteiger partial charge is 0.477 e. The number of aliphatic hydroxyl groups is 1. The second-order valence-electron chi connectivity index (χ2n) is 6.91. The van der Waals surface area contributed by atoms with Gasteiger partial charge in [-0.3, -0.25) is 0 Å². The SMILES string of the molecule is CCOC(=O)N=S(C)(=O)c1ccc(Nc2ncc(-c3cccs3)c(OCCCCO)n2)cc1. The van der Waals surface area contributed by atoms with Crippen LogP contribution in [0.15, 0.2) is 57.2 Å². The Morgan fingerprint density at radius 2 is 2.03 bits per heavy atom. The lowest BCUT2D eigenvalue weighted by molar-refractivity contribution is 0.164. The van der Waals surface area contributed by atoms with E-state index in [9.17, 15) is 9.00 Å². The van der Waals surface area contributed by atoms with Crippen molar-refractivity contribution in [2.24, 2.45) is 4.36 Å². The standard InChI is InChI=1S/C22H26N4O5S2/c1-3-30-22(28)26-33(2,29)17-10-8-16(9-11-17)24-21-23-15-18(19-7-6-14-32-19)20(25-21)31-13-5-4-12-27/h6-11,14-15,27H,3-5,12-13H2,1-2H3,(H,23,24,25). The van der Waals surface area contributed by atoms with Crippen LogP contribution in [0.4, 0.5) is 16.4 Å². The van der Waals surface area contributed by atoms with E-state index in [0.717, 1.165) is 10.4 Å². The molecule has 33 heavy (non-hydrogen) atoms. The molecule has 1 unspecified atom stereocenters. The van der Waals surface area contributed by atoms with Crippen LogP contribution in [0.5, 0.6) is 5.88 Å². The molecule has 0 radical (unpaired) electrons. The number of aromatic nitrogens is 2. The average Bonchev–Trinajstić information content (AvgIpc) is 3.32. The second-order valence-corrected chi connectivity index (χ2v) is 10.1. The summed E-state index contributed by atoms with van der Waals surface area (Å²) in [4.78, 5) is 21.9. The molecule has 0 aliphatic heterocycles. The summed E-state index contributed by atoms with van der Waals surface area (Å²) < 4.78 is 27.0. The molecule has 0 spiro atoms. The molecule has 0 saturated heterocycles. The van der Waals surface area contributed by atoms with Gasteiger partial charge in [0.25, 0.3) is 0 Å². The van der Waals surface area contributed by atoms with Gasteiger partial charge in [-0.15, -0.1) is 15.7 Å². The molecule has 2 aromatic heterocycles. The van der Waals surface area contributed by atoms with Crippen molar-refractivity contribution in [3.8, 4) is 16.3 Å². The van der Waals surface area contributed by atoms with E-state index in [1.165, 1.54) is 6.26 Å². The molecule has 1 atom stereocenters. The first-order chi connectivity index (χ1) is 15.9. The molecule has 0 aliphatic rings. The lowest BCUT2D eigenvalue weighted by Gasteiger charge is -2.12. The first-order valence-electron chi connectivity index (χ1n) is 10.3. The Bertz CT molecular complexity index is 1170. The first kappa shape index (κ1) is 24.6. The lowest BCUT2D eigenvalue weighted by atomic mass is 10.2. The van der Waals surface area contributed by atoms with Crippen LogP contribution in [0.25, 0.3) is 10.4 Å². The highest BCUT2D eigenvalue weighted by Gasteiger charge is 2.13. The molecule has 11 heteroatoms. The number of nitrogens with zero attached hydrogens (tertiary/aromatic N) is 3. The van der Waals surface area contributed by atoms with Gasteiger partial charge in [-0.25, -0.2) is 14.0 Å². The molecule has 2 N–H and O–H groups in total. The number of hydrogen-bond acceptors (Lipinski definition) is 9. The minimum atomic E-state index is -2.92. The highest BCUT2D eigenvalue weighted by atomic mass is 32.2. The summed E-state index contributed by atoms with van der Waals surface area (Å²) in [6.07, 6.45) is 3.60. The molecule has 0 fully saturated rings. The predicted molar refractivity (Wildman–Crippen MR) is 129 cm³/mol. The molecule has 0 saturated carbocycles. The normalized spacial score (nSPS) is 12.6. The lowest BCUT2D eigenvalue weighted by Crippen LogP contribution is -2.06. The summed E-state index contributed by atoms with van der Waals surface area (Å²) in [5.74, 6) is 0.794. The number of amides is 1. The number of anilines is 2. The Kier molecular flexibility index (Phi) is 8.75. The fourth-order valence-electron chi connectivity index (χ4n) is 2.78. The van der Waals surface area contributed by atoms with E-state index < -0.39 is 15.8 Å². The maximum atomic E-state index is 12.7. The van der Waals surface area contributed by atoms with Crippen molar-refractivity contribution in [2.75, 3.05) is 31.4 Å². The van der Waals surface area contributed by atoms with E-state index in [4.69, 9.17) is 14.6 Å². The number of carbonyl (C=O) groups excluding carboxylic acids is 1. The van der Waals surface area contributed by atoms with Crippen molar-refractivity contribution >= 4 is 38.8 Å². The Balaban J connectivity index is 1.78. The van der Waals surface area contributed by atoms with Gasteiger partial charge < -0.3 is 19.9 Å². The summed E-state index contributed by atoms with van der Waals surface area (Å²) >= 11 is 1.57. The van der Waals surface area contributed by atoms with E-state index >= 15 is 0 Å². The van der Waals surface area contributed by atoms with Crippen molar-refractivity contribution in [1.29, 1.82) is 0 Å². The summed E-state index contributed by atoms with van der Waals surface area (Å²) in [5, 5.41) is 14.1. The van der Waals surface area contributed by atoms with E-state index in [1.807, 2.05) is 17.5 Å². The number of rotatable bonds is 10. The Labute approximate surface area is 197 Å². The van der Waals surface area contributed by atoms with Crippen LogP contribution < -0.4 is 10.1 Å². The van der Waals surface area contributed by atoms with Crippen LogP contribution >= 0.6 is 11.3 Å². The minimum absolute atomic E-state index is 0.116. The van der Waals surface area contributed by atoms with Gasteiger partial charge in [-0.05, 0) is 55.5 Å². The number of thiophene rings is 1. The number of aliphatic hydroxyl groups excluding tert-OH is 1. The van der Waals surface area contributed by atoms with Crippen LogP contribution in [-0.2, 0) is 14.5 Å². The highest BCUT2D eigenvalue weighted by molar-refractivity contribution is 7.93. The quantitative estimate of drug-likeness (QED) is 0.392. The molecular weight excluding hydrogens is 464 g/mol. The third kappa shape index (κ3) is 6.98. The van der Waals surface area contributed by atoms with Crippen LogP contribution in [0.3, 0.4) is 0 Å². The van der Waals surface area contributed by atoms with Crippen LogP contribution in [0.1, 0.15) is 19.8 Å². The number of unbranched alkanes of at least 4 members (excludes halogenated alkanes) is 1. The maximum Gasteiger partial charge on any atom is 0.442 e. The first-order valence-corrected chi connectivity index (χ1v) is 13.1. The number of benzene rings is 1. The fraction of sp³-hybridized carbons (Fsp3) is 0.318. The van der Waals surface area contributed by atoms with Crippen molar-refractivity contribution in [3.63, 3.8) is 0 Å². The fourth-order valence-corrected chi connectivity index (χ4v) is 4.60. The van der Waals surface area contributed by atoms with Gasteiger partial charge in [-0.1, -0.05) is 6.07 Å². The van der Waals surface area contributed by atoms with Crippen LogP contribution in [0, 0.1) is 0 Å². The predicted octanol–water partition coefficient (Wildman–Crippen LogP) is 4.71. The topological polar surface area (TPSA) is 123 Å². The van der Waals surface area contributed by atoms with Crippen LogP contribution in [0.2, 0.25) is 0 Å². The van der Waals surface area contributed by atoms with Gasteiger partial charge in [0.2, 0.25) is 11.8 Å². The molecule has 0 bridgehead atoms. The number of carbonyl (C=O) groups is 1. The molecule has 1 amide bonds. The maximum absolute atomic E-state index is 12.7. The van der Waals surface area contributed by atoms with Gasteiger partial charge in [0, 0.05) is 34.5 Å². The molecule has 2 heterocycles. The monoisotopic (exact) mass is 490 g/mol. The Morgan fingerprint density at radius 3 is 2.70 bits per heavy atom. The third-order valence-electron chi connectivity index (χ3n) is 4.40. The summed E-state index contributed by atoms with van der Waals surface area (Å²) in [7, 11) is -2.92. The highest BCUT2D eigenvalue weighted by Crippen LogP contribution is 2.32. The van der Waals surface area contributed by atoms with Gasteiger partial charge in [0.15, 0.2) is 0 Å². The average molecular weight is 491 g/mol. The molecular formula is C22H26N4O5S2. The van der Waals surface area contributed by atoms with Gasteiger partial charge in [-0.2, -0.15) is 4.98 Å². The van der Waals surface area contributed by atoms with Crippen molar-refractivity contribution < 1.29 is 23.6 Å². The molecule has 3 rings (SSSR count). The smallest absolute Gasteiger partial charge is 0.442 e. The van der Waals surface area contributed by atoms with Gasteiger partial charge in [0.05, 0.1) is 28.5 Å². The van der Waals surface area contributed by atoms with Crippen molar-refractivity contribution in [3.05, 3.63) is 48.0 Å². The number of ether oxygens (including phenoxy) is 2. The zero-order chi connectivity index (χ0) is 23.7. The molecule has 3 aromatic rings. The van der Waals surface area contributed by atoms with E-state index in [-0.39, 0.29) is 13.2 Å². The summed E-state index contributed by atoms with van der Waals surface area (Å²) in [6.45, 7) is 2.37. The van der Waals surface area contributed by atoms with E-state index in [0.29, 0.717) is 41.9 Å². The molecule has 9 nitrogen and oxygen atoms in total. The van der Waals surface area contributed by atoms with Crippen molar-refractivity contribution in [1.82, 2.24) is 9.97 Å². The number of hydrogen-bond donors (Lipinski definition) is 2. The zero-order valence-corrected chi connectivity index (χ0v) is 20.0. The third-order valence-corrected chi connectivity index (χ3v) is 6.94. The zero-order valence-electron chi connectivity index (χ0n) is 18.4. The number of nitrogens with one attached hydrogen (secondary N) is 1.